The van der Waals surface area contributed by atoms with Crippen LogP contribution >= 0.6 is 0 Å². The Balaban J connectivity index is 2.45. The molecule has 0 saturated carbocycles. The number of benzene rings is 1. The number of methoxy groups -OCH3 is 1. The van der Waals surface area contributed by atoms with Crippen molar-refractivity contribution in [1.82, 2.24) is 9.97 Å². The van der Waals surface area contributed by atoms with Gasteiger partial charge < -0.3 is 10.1 Å². The molecule has 0 aliphatic carbocycles. The van der Waals surface area contributed by atoms with Crippen LogP contribution in [-0.2, 0) is 11.2 Å². The third kappa shape index (κ3) is 3.33. The molecule has 4 nitrogen and oxygen atoms in total. The molecule has 0 saturated heterocycles. The molecule has 106 valence electrons. The van der Waals surface area contributed by atoms with E-state index in [4.69, 9.17) is 9.72 Å². The summed E-state index contributed by atoms with van der Waals surface area (Å²) in [6.07, 6.45) is 0.717. The van der Waals surface area contributed by atoms with Gasteiger partial charge in [-0.2, -0.15) is 0 Å². The fraction of sp³-hybridized carbons (Fsp3) is 0.375. The molecule has 0 aliphatic rings. The van der Waals surface area contributed by atoms with Crippen LogP contribution in [0.25, 0.3) is 11.3 Å². The van der Waals surface area contributed by atoms with Gasteiger partial charge in [-0.05, 0) is 13.8 Å². The van der Waals surface area contributed by atoms with Crippen molar-refractivity contribution in [2.24, 2.45) is 0 Å². The van der Waals surface area contributed by atoms with Crippen LogP contribution < -0.4 is 5.32 Å². The molecule has 2 aromatic rings. The molecule has 4 heteroatoms. The van der Waals surface area contributed by atoms with Gasteiger partial charge in [0.2, 0.25) is 0 Å². The van der Waals surface area contributed by atoms with E-state index in [9.17, 15) is 0 Å². The smallest absolute Gasteiger partial charge is 0.133 e. The summed E-state index contributed by atoms with van der Waals surface area (Å²) in [6.45, 7) is 5.59. The highest BCUT2D eigenvalue weighted by Gasteiger charge is 2.11. The van der Waals surface area contributed by atoms with Crippen LogP contribution in [0.4, 0.5) is 5.82 Å². The van der Waals surface area contributed by atoms with Gasteiger partial charge in [0, 0.05) is 31.2 Å². The van der Waals surface area contributed by atoms with E-state index in [1.54, 1.807) is 7.11 Å². The summed E-state index contributed by atoms with van der Waals surface area (Å²) in [7, 11) is 1.69. The maximum atomic E-state index is 5.12. The van der Waals surface area contributed by atoms with Crippen molar-refractivity contribution < 1.29 is 4.74 Å². The topological polar surface area (TPSA) is 47.0 Å². The molecule has 0 bridgehead atoms. The SMILES string of the molecule is CCNc1nc(CCOC)nc(-c2ccccc2)c1C. The van der Waals surface area contributed by atoms with Crippen molar-refractivity contribution in [1.29, 1.82) is 0 Å². The van der Waals surface area contributed by atoms with E-state index >= 15 is 0 Å². The van der Waals surface area contributed by atoms with Crippen molar-refractivity contribution in [3.63, 3.8) is 0 Å². The van der Waals surface area contributed by atoms with Crippen LogP contribution in [-0.4, -0.2) is 30.2 Å². The number of rotatable bonds is 6. The fourth-order valence-electron chi connectivity index (χ4n) is 2.08. The second kappa shape index (κ2) is 7.01. The second-order valence-corrected chi connectivity index (χ2v) is 4.60. The van der Waals surface area contributed by atoms with Gasteiger partial charge in [-0.1, -0.05) is 30.3 Å². The molecule has 0 atom stereocenters. The Morgan fingerprint density at radius 2 is 1.90 bits per heavy atom. The Bertz CT molecular complexity index is 555. The Kier molecular flexibility index (Phi) is 5.07. The van der Waals surface area contributed by atoms with Gasteiger partial charge >= 0.3 is 0 Å². The number of ether oxygens (including phenoxy) is 1. The summed E-state index contributed by atoms with van der Waals surface area (Å²) >= 11 is 0. The lowest BCUT2D eigenvalue weighted by atomic mass is 10.1. The average molecular weight is 271 g/mol. The van der Waals surface area contributed by atoms with Crippen molar-refractivity contribution in [3.05, 3.63) is 41.7 Å². The molecule has 2 rings (SSSR count). The van der Waals surface area contributed by atoms with E-state index in [2.05, 4.69) is 36.3 Å². The predicted octanol–water partition coefficient (Wildman–Crippen LogP) is 3.07. The highest BCUT2D eigenvalue weighted by Crippen LogP contribution is 2.25. The van der Waals surface area contributed by atoms with Gasteiger partial charge in [-0.15, -0.1) is 0 Å². The lowest BCUT2D eigenvalue weighted by molar-refractivity contribution is 0.200. The quantitative estimate of drug-likeness (QED) is 0.877. The standard InChI is InChI=1S/C16H21N3O/c1-4-17-16-12(2)15(13-8-6-5-7-9-13)18-14(19-16)10-11-20-3/h5-9H,4,10-11H2,1-3H3,(H,17,18,19). The van der Waals surface area contributed by atoms with Gasteiger partial charge in [0.15, 0.2) is 0 Å². The van der Waals surface area contributed by atoms with Crippen LogP contribution in [0.3, 0.4) is 0 Å². The first-order valence-corrected chi connectivity index (χ1v) is 6.92. The van der Waals surface area contributed by atoms with Gasteiger partial charge in [0.25, 0.3) is 0 Å². The first-order chi connectivity index (χ1) is 9.76. The summed E-state index contributed by atoms with van der Waals surface area (Å²) in [5.41, 5.74) is 3.19. The monoisotopic (exact) mass is 271 g/mol. The third-order valence-corrected chi connectivity index (χ3v) is 3.11. The summed E-state index contributed by atoms with van der Waals surface area (Å²) in [5.74, 6) is 1.72. The van der Waals surface area contributed by atoms with E-state index in [0.717, 1.165) is 41.4 Å². The molecule has 1 aromatic carbocycles. The van der Waals surface area contributed by atoms with Crippen molar-refractivity contribution >= 4 is 5.82 Å². The average Bonchev–Trinajstić information content (AvgIpc) is 2.49. The Labute approximate surface area is 120 Å². The lowest BCUT2D eigenvalue weighted by Gasteiger charge is -2.13. The zero-order chi connectivity index (χ0) is 14.4. The summed E-state index contributed by atoms with van der Waals surface area (Å²) in [6, 6.07) is 10.2. The highest BCUT2D eigenvalue weighted by molar-refractivity contribution is 5.68. The van der Waals surface area contributed by atoms with Gasteiger partial charge in [-0.3, -0.25) is 0 Å². The summed E-state index contributed by atoms with van der Waals surface area (Å²) in [5, 5.41) is 3.31. The number of nitrogens with zero attached hydrogens (tertiary/aromatic N) is 2. The van der Waals surface area contributed by atoms with E-state index < -0.39 is 0 Å². The zero-order valence-corrected chi connectivity index (χ0v) is 12.3. The number of hydrogen-bond acceptors (Lipinski definition) is 4. The van der Waals surface area contributed by atoms with Crippen LogP contribution in [0.1, 0.15) is 18.3 Å². The minimum atomic E-state index is 0.628. The fourth-order valence-corrected chi connectivity index (χ4v) is 2.08. The summed E-state index contributed by atoms with van der Waals surface area (Å²) < 4.78 is 5.12. The van der Waals surface area contributed by atoms with Crippen molar-refractivity contribution in [2.45, 2.75) is 20.3 Å². The van der Waals surface area contributed by atoms with Gasteiger partial charge in [0.1, 0.15) is 11.6 Å². The van der Waals surface area contributed by atoms with Gasteiger partial charge in [0.05, 0.1) is 12.3 Å². The first kappa shape index (κ1) is 14.5. The predicted molar refractivity (Wildman–Crippen MR) is 81.9 cm³/mol. The van der Waals surface area contributed by atoms with E-state index in [1.807, 2.05) is 18.2 Å². The van der Waals surface area contributed by atoms with Crippen LogP contribution in [0.2, 0.25) is 0 Å². The van der Waals surface area contributed by atoms with E-state index in [-0.39, 0.29) is 0 Å². The maximum absolute atomic E-state index is 5.12. The van der Waals surface area contributed by atoms with Crippen LogP contribution in [0, 0.1) is 6.92 Å². The number of anilines is 1. The molecular weight excluding hydrogens is 250 g/mol. The second-order valence-electron chi connectivity index (χ2n) is 4.60. The Hall–Kier alpha value is -1.94. The Morgan fingerprint density at radius 1 is 1.15 bits per heavy atom. The molecule has 1 heterocycles. The number of hydrogen-bond donors (Lipinski definition) is 1. The first-order valence-electron chi connectivity index (χ1n) is 6.92. The zero-order valence-electron chi connectivity index (χ0n) is 12.3. The van der Waals surface area contributed by atoms with Crippen molar-refractivity contribution in [3.8, 4) is 11.3 Å². The maximum Gasteiger partial charge on any atom is 0.133 e. The molecule has 0 aliphatic heterocycles. The minimum absolute atomic E-state index is 0.628. The van der Waals surface area contributed by atoms with Gasteiger partial charge in [-0.25, -0.2) is 9.97 Å². The molecule has 1 N–H and O–H groups in total. The molecule has 0 amide bonds. The third-order valence-electron chi connectivity index (χ3n) is 3.11. The molecular formula is C16H21N3O. The molecule has 0 radical (unpaired) electrons. The molecule has 0 unspecified atom stereocenters. The largest absolute Gasteiger partial charge is 0.384 e. The Morgan fingerprint density at radius 3 is 2.55 bits per heavy atom. The number of aromatic nitrogens is 2. The molecule has 0 fully saturated rings. The lowest BCUT2D eigenvalue weighted by Crippen LogP contribution is -2.09. The van der Waals surface area contributed by atoms with Crippen molar-refractivity contribution in [2.75, 3.05) is 25.6 Å². The minimum Gasteiger partial charge on any atom is -0.384 e. The molecule has 1 aromatic heterocycles. The molecule has 0 spiro atoms. The normalized spacial score (nSPS) is 10.6. The number of nitrogens with one attached hydrogen (secondary N) is 1. The van der Waals surface area contributed by atoms with E-state index in [0.29, 0.717) is 6.61 Å². The highest BCUT2D eigenvalue weighted by atomic mass is 16.5. The van der Waals surface area contributed by atoms with E-state index in [1.165, 1.54) is 0 Å². The van der Waals surface area contributed by atoms with Crippen LogP contribution in [0.15, 0.2) is 30.3 Å². The van der Waals surface area contributed by atoms with Crippen LogP contribution in [0.5, 0.6) is 0 Å². The summed E-state index contributed by atoms with van der Waals surface area (Å²) in [4.78, 5) is 9.28. The molecule has 20 heavy (non-hydrogen) atoms.